The molecule has 1 N–H and O–H groups in total. The van der Waals surface area contributed by atoms with Gasteiger partial charge in [-0.2, -0.15) is 0 Å². The molecule has 19 heavy (non-hydrogen) atoms. The number of hydrogen-bond donors (Lipinski definition) is 1. The smallest absolute Gasteiger partial charge is 0.241 e. The SMILES string of the molecule is CCCC1NC(CCC)N(C(C)CCC(C)C)C1=O. The van der Waals surface area contributed by atoms with Crippen molar-refractivity contribution in [3.05, 3.63) is 0 Å². The minimum Gasteiger partial charge on any atom is -0.323 e. The summed E-state index contributed by atoms with van der Waals surface area (Å²) < 4.78 is 0. The molecular weight excluding hydrogens is 236 g/mol. The Bertz CT molecular complexity index is 278. The van der Waals surface area contributed by atoms with Crippen LogP contribution in [0.1, 0.15) is 73.1 Å². The molecule has 1 heterocycles. The fourth-order valence-electron chi connectivity index (χ4n) is 2.95. The number of carbonyl (C=O) groups excluding carboxylic acids is 1. The van der Waals surface area contributed by atoms with Crippen molar-refractivity contribution in [3.63, 3.8) is 0 Å². The fraction of sp³-hybridized carbons (Fsp3) is 0.938. The maximum Gasteiger partial charge on any atom is 0.241 e. The lowest BCUT2D eigenvalue weighted by Gasteiger charge is -2.30. The second kappa shape index (κ2) is 7.88. The van der Waals surface area contributed by atoms with Crippen molar-refractivity contribution >= 4 is 5.91 Å². The van der Waals surface area contributed by atoms with Crippen LogP contribution in [0.25, 0.3) is 0 Å². The molecule has 3 nitrogen and oxygen atoms in total. The summed E-state index contributed by atoms with van der Waals surface area (Å²) in [5.74, 6) is 1.04. The van der Waals surface area contributed by atoms with Gasteiger partial charge in [-0.1, -0.05) is 40.5 Å². The van der Waals surface area contributed by atoms with Crippen LogP contribution in [0.15, 0.2) is 0 Å². The molecule has 0 spiro atoms. The first-order valence-electron chi connectivity index (χ1n) is 8.09. The first-order valence-corrected chi connectivity index (χ1v) is 8.09. The lowest BCUT2D eigenvalue weighted by atomic mass is 10.0. The fourth-order valence-corrected chi connectivity index (χ4v) is 2.95. The topological polar surface area (TPSA) is 32.3 Å². The molecule has 1 rings (SSSR count). The number of nitrogens with one attached hydrogen (secondary N) is 1. The van der Waals surface area contributed by atoms with E-state index in [0.29, 0.717) is 17.9 Å². The second-order valence-corrected chi connectivity index (χ2v) is 6.38. The first kappa shape index (κ1) is 16.5. The van der Waals surface area contributed by atoms with Crippen molar-refractivity contribution in [2.24, 2.45) is 5.92 Å². The van der Waals surface area contributed by atoms with Crippen LogP contribution in [-0.2, 0) is 4.79 Å². The summed E-state index contributed by atoms with van der Waals surface area (Å²) in [6.45, 7) is 11.0. The first-order chi connectivity index (χ1) is 9.01. The summed E-state index contributed by atoms with van der Waals surface area (Å²) in [6, 6.07) is 0.420. The Morgan fingerprint density at radius 3 is 2.26 bits per heavy atom. The molecule has 3 heteroatoms. The Labute approximate surface area is 119 Å². The van der Waals surface area contributed by atoms with Gasteiger partial charge in [0.15, 0.2) is 0 Å². The summed E-state index contributed by atoms with van der Waals surface area (Å²) in [5, 5.41) is 3.54. The van der Waals surface area contributed by atoms with Gasteiger partial charge < -0.3 is 4.90 Å². The summed E-state index contributed by atoms with van der Waals surface area (Å²) in [4.78, 5) is 14.7. The van der Waals surface area contributed by atoms with Crippen LogP contribution in [-0.4, -0.2) is 29.1 Å². The molecule has 1 amide bonds. The normalized spacial score (nSPS) is 25.4. The molecule has 1 saturated heterocycles. The molecule has 1 fully saturated rings. The third-order valence-corrected chi connectivity index (χ3v) is 4.06. The van der Waals surface area contributed by atoms with Gasteiger partial charge in [-0.25, -0.2) is 0 Å². The van der Waals surface area contributed by atoms with Gasteiger partial charge >= 0.3 is 0 Å². The Kier molecular flexibility index (Phi) is 6.84. The van der Waals surface area contributed by atoms with Crippen molar-refractivity contribution in [3.8, 4) is 0 Å². The highest BCUT2D eigenvalue weighted by atomic mass is 16.2. The minimum atomic E-state index is 0.0584. The van der Waals surface area contributed by atoms with E-state index in [9.17, 15) is 4.79 Å². The quantitative estimate of drug-likeness (QED) is 0.730. The number of hydrogen-bond acceptors (Lipinski definition) is 2. The molecule has 0 radical (unpaired) electrons. The zero-order valence-corrected chi connectivity index (χ0v) is 13.4. The lowest BCUT2D eigenvalue weighted by Crippen LogP contribution is -2.43. The summed E-state index contributed by atoms with van der Waals surface area (Å²) in [5.41, 5.74) is 0. The molecule has 112 valence electrons. The third kappa shape index (κ3) is 4.48. The van der Waals surface area contributed by atoms with Gasteiger partial charge in [-0.15, -0.1) is 0 Å². The highest BCUT2D eigenvalue weighted by molar-refractivity contribution is 5.84. The Morgan fingerprint density at radius 1 is 1.11 bits per heavy atom. The molecule has 0 bridgehead atoms. The Hall–Kier alpha value is -0.570. The predicted octanol–water partition coefficient (Wildman–Crippen LogP) is 3.54. The van der Waals surface area contributed by atoms with E-state index in [4.69, 9.17) is 0 Å². The van der Waals surface area contributed by atoms with Crippen molar-refractivity contribution in [1.29, 1.82) is 0 Å². The number of amides is 1. The zero-order valence-electron chi connectivity index (χ0n) is 13.4. The van der Waals surface area contributed by atoms with Crippen molar-refractivity contribution in [2.45, 2.75) is 91.4 Å². The third-order valence-electron chi connectivity index (χ3n) is 4.06. The molecule has 1 aliphatic rings. The van der Waals surface area contributed by atoms with Gasteiger partial charge in [-0.3, -0.25) is 10.1 Å². The van der Waals surface area contributed by atoms with E-state index in [-0.39, 0.29) is 12.2 Å². The standard InChI is InChI=1S/C16H32N2O/c1-6-8-14-16(19)18(15(17-14)9-7-2)13(5)11-10-12(3)4/h12-15,17H,6-11H2,1-5H3. The molecular formula is C16H32N2O. The van der Waals surface area contributed by atoms with E-state index < -0.39 is 0 Å². The van der Waals surface area contributed by atoms with Crippen molar-refractivity contribution < 1.29 is 4.79 Å². The molecule has 0 aromatic rings. The highest BCUT2D eigenvalue weighted by Gasteiger charge is 2.39. The van der Waals surface area contributed by atoms with Gasteiger partial charge in [0.05, 0.1) is 12.2 Å². The van der Waals surface area contributed by atoms with Crippen molar-refractivity contribution in [2.75, 3.05) is 0 Å². The molecule has 1 aliphatic heterocycles. The maximum absolute atomic E-state index is 12.5. The molecule has 3 atom stereocenters. The molecule has 0 saturated carbocycles. The van der Waals surface area contributed by atoms with Gasteiger partial charge in [0.2, 0.25) is 5.91 Å². The Morgan fingerprint density at radius 2 is 1.74 bits per heavy atom. The number of carbonyl (C=O) groups is 1. The van der Waals surface area contributed by atoms with Crippen LogP contribution in [0.4, 0.5) is 0 Å². The van der Waals surface area contributed by atoms with E-state index in [0.717, 1.165) is 32.1 Å². The summed E-state index contributed by atoms with van der Waals surface area (Å²) in [6.07, 6.45) is 6.79. The second-order valence-electron chi connectivity index (χ2n) is 6.38. The Balaban J connectivity index is 2.66. The molecule has 0 aliphatic carbocycles. The van der Waals surface area contributed by atoms with E-state index in [1.165, 1.54) is 6.42 Å². The van der Waals surface area contributed by atoms with E-state index in [1.54, 1.807) is 0 Å². The van der Waals surface area contributed by atoms with E-state index in [1.807, 2.05) is 0 Å². The van der Waals surface area contributed by atoms with Crippen LogP contribution in [0.5, 0.6) is 0 Å². The van der Waals surface area contributed by atoms with Gasteiger partial charge in [0.1, 0.15) is 0 Å². The van der Waals surface area contributed by atoms with Crippen LogP contribution in [0.3, 0.4) is 0 Å². The largest absolute Gasteiger partial charge is 0.323 e. The lowest BCUT2D eigenvalue weighted by molar-refractivity contribution is -0.132. The maximum atomic E-state index is 12.5. The van der Waals surface area contributed by atoms with Gasteiger partial charge in [0.25, 0.3) is 0 Å². The number of rotatable bonds is 8. The minimum absolute atomic E-state index is 0.0584. The average Bonchev–Trinajstić information content (AvgIpc) is 2.64. The van der Waals surface area contributed by atoms with Crippen LogP contribution in [0, 0.1) is 5.92 Å². The van der Waals surface area contributed by atoms with Gasteiger partial charge in [0, 0.05) is 6.04 Å². The summed E-state index contributed by atoms with van der Waals surface area (Å²) >= 11 is 0. The van der Waals surface area contributed by atoms with E-state index >= 15 is 0 Å². The highest BCUT2D eigenvalue weighted by Crippen LogP contribution is 2.23. The number of nitrogens with zero attached hydrogens (tertiary/aromatic N) is 1. The average molecular weight is 268 g/mol. The molecule has 0 aromatic heterocycles. The van der Waals surface area contributed by atoms with Crippen molar-refractivity contribution in [1.82, 2.24) is 10.2 Å². The van der Waals surface area contributed by atoms with Gasteiger partial charge in [-0.05, 0) is 38.5 Å². The molecule has 0 aromatic carbocycles. The zero-order chi connectivity index (χ0) is 14.4. The predicted molar refractivity (Wildman–Crippen MR) is 80.9 cm³/mol. The van der Waals surface area contributed by atoms with E-state index in [2.05, 4.69) is 44.8 Å². The summed E-state index contributed by atoms with van der Waals surface area (Å²) in [7, 11) is 0. The van der Waals surface area contributed by atoms with Crippen LogP contribution < -0.4 is 5.32 Å². The van der Waals surface area contributed by atoms with Crippen LogP contribution >= 0.6 is 0 Å². The van der Waals surface area contributed by atoms with Crippen LogP contribution in [0.2, 0.25) is 0 Å². The molecule has 3 unspecified atom stereocenters. The monoisotopic (exact) mass is 268 g/mol.